The Morgan fingerprint density at radius 2 is 0.861 bits per heavy atom. The maximum atomic E-state index is 11.8. The van der Waals surface area contributed by atoms with Crippen LogP contribution in [0.3, 0.4) is 0 Å². The number of hydrogen-bond donors (Lipinski definition) is 3. The SMILES string of the molecule is CCCCCCCCCC/C=C/CCCCCCCC[N+](C(C)C(=O)O)(C(C)C(=O)O)C(C)C(=O)O. The number of carboxylic acid groups (broad SMARTS) is 3. The van der Waals surface area contributed by atoms with E-state index in [1.807, 2.05) is 0 Å². The largest absolute Gasteiger partial charge is 0.477 e. The van der Waals surface area contributed by atoms with Gasteiger partial charge in [-0.1, -0.05) is 83.3 Å². The van der Waals surface area contributed by atoms with E-state index in [0.29, 0.717) is 6.42 Å². The van der Waals surface area contributed by atoms with Gasteiger partial charge in [-0.3, -0.25) is 4.48 Å². The van der Waals surface area contributed by atoms with E-state index in [9.17, 15) is 29.7 Å². The number of allylic oxidation sites excluding steroid dienone is 2. The maximum absolute atomic E-state index is 11.8. The number of aliphatic carboxylic acids is 3. The van der Waals surface area contributed by atoms with Crippen LogP contribution in [0.5, 0.6) is 0 Å². The third-order valence-electron chi connectivity index (χ3n) is 7.79. The molecule has 3 atom stereocenters. The molecule has 7 nitrogen and oxygen atoms in total. The first-order chi connectivity index (χ1) is 17.1. The van der Waals surface area contributed by atoms with Crippen molar-refractivity contribution in [1.82, 2.24) is 0 Å². The molecule has 0 saturated carbocycles. The van der Waals surface area contributed by atoms with Gasteiger partial charge in [0.2, 0.25) is 0 Å². The molecule has 0 aromatic heterocycles. The lowest BCUT2D eigenvalue weighted by molar-refractivity contribution is -0.968. The van der Waals surface area contributed by atoms with Gasteiger partial charge in [0.1, 0.15) is 0 Å². The van der Waals surface area contributed by atoms with E-state index >= 15 is 0 Å². The van der Waals surface area contributed by atoms with Crippen LogP contribution in [0.25, 0.3) is 0 Å². The average molecular weight is 513 g/mol. The van der Waals surface area contributed by atoms with E-state index in [1.54, 1.807) is 0 Å². The van der Waals surface area contributed by atoms with Gasteiger partial charge in [0, 0.05) is 0 Å². The predicted molar refractivity (Wildman–Crippen MR) is 145 cm³/mol. The van der Waals surface area contributed by atoms with Crippen LogP contribution in [-0.4, -0.2) is 62.4 Å². The highest BCUT2D eigenvalue weighted by atomic mass is 16.4. The minimum absolute atomic E-state index is 0.218. The van der Waals surface area contributed by atoms with Gasteiger partial charge in [-0.05, 0) is 59.3 Å². The van der Waals surface area contributed by atoms with Crippen LogP contribution >= 0.6 is 0 Å². The monoisotopic (exact) mass is 512 g/mol. The third-order valence-corrected chi connectivity index (χ3v) is 7.79. The molecule has 0 heterocycles. The second-order valence-electron chi connectivity index (χ2n) is 10.4. The molecular formula is C29H54NO6+. The molecule has 0 rings (SSSR count). The molecule has 0 spiro atoms. The Kier molecular flexibility index (Phi) is 19.1. The molecule has 0 aromatic rings. The van der Waals surface area contributed by atoms with Gasteiger partial charge in [-0.2, -0.15) is 0 Å². The summed E-state index contributed by atoms with van der Waals surface area (Å²) in [7, 11) is 0. The fourth-order valence-corrected chi connectivity index (χ4v) is 5.19. The van der Waals surface area contributed by atoms with Crippen molar-refractivity contribution in [3.63, 3.8) is 0 Å². The van der Waals surface area contributed by atoms with E-state index in [0.717, 1.165) is 38.5 Å². The van der Waals surface area contributed by atoms with E-state index < -0.39 is 40.5 Å². The van der Waals surface area contributed by atoms with Gasteiger partial charge in [-0.15, -0.1) is 0 Å². The average Bonchev–Trinajstić information content (AvgIpc) is 2.84. The van der Waals surface area contributed by atoms with Crippen molar-refractivity contribution in [1.29, 1.82) is 0 Å². The first-order valence-corrected chi connectivity index (χ1v) is 14.3. The van der Waals surface area contributed by atoms with Crippen molar-refractivity contribution in [2.24, 2.45) is 0 Å². The quantitative estimate of drug-likeness (QED) is 0.0726. The number of nitrogens with zero attached hydrogens (tertiary/aromatic N) is 1. The summed E-state index contributed by atoms with van der Waals surface area (Å²) in [5.41, 5.74) is 0. The number of rotatable bonds is 24. The number of unbranched alkanes of at least 4 members (excludes halogenated alkanes) is 14. The van der Waals surface area contributed by atoms with Gasteiger partial charge in [-0.25, -0.2) is 14.4 Å². The summed E-state index contributed by atoms with van der Waals surface area (Å²) in [5.74, 6) is -3.52. The highest BCUT2D eigenvalue weighted by Crippen LogP contribution is 2.27. The third kappa shape index (κ3) is 12.9. The lowest BCUT2D eigenvalue weighted by Crippen LogP contribution is -2.70. The van der Waals surface area contributed by atoms with E-state index in [-0.39, 0.29) is 6.54 Å². The Bertz CT molecular complexity index is 597. The molecule has 7 heteroatoms. The molecule has 0 aliphatic rings. The van der Waals surface area contributed by atoms with Crippen molar-refractivity contribution in [2.45, 2.75) is 149 Å². The second-order valence-corrected chi connectivity index (χ2v) is 10.4. The smallest absolute Gasteiger partial charge is 0.362 e. The zero-order valence-corrected chi connectivity index (χ0v) is 23.4. The molecule has 0 fully saturated rings. The van der Waals surface area contributed by atoms with Crippen LogP contribution in [0, 0.1) is 0 Å². The van der Waals surface area contributed by atoms with Crippen molar-refractivity contribution in [2.75, 3.05) is 6.54 Å². The summed E-state index contributed by atoms with van der Waals surface area (Å²) >= 11 is 0. The van der Waals surface area contributed by atoms with Gasteiger partial charge >= 0.3 is 17.9 Å². The van der Waals surface area contributed by atoms with Crippen molar-refractivity contribution < 1.29 is 34.2 Å². The fraction of sp³-hybridized carbons (Fsp3) is 0.828. The van der Waals surface area contributed by atoms with Crippen molar-refractivity contribution in [3.05, 3.63) is 12.2 Å². The van der Waals surface area contributed by atoms with Gasteiger partial charge in [0.25, 0.3) is 0 Å². The van der Waals surface area contributed by atoms with E-state index in [4.69, 9.17) is 0 Å². The molecule has 0 saturated heterocycles. The fourth-order valence-electron chi connectivity index (χ4n) is 5.19. The molecule has 0 radical (unpaired) electrons. The Balaban J connectivity index is 4.24. The van der Waals surface area contributed by atoms with Crippen LogP contribution in [0.4, 0.5) is 0 Å². The molecule has 0 amide bonds. The van der Waals surface area contributed by atoms with Crippen molar-refractivity contribution in [3.8, 4) is 0 Å². The molecule has 3 N–H and O–H groups in total. The molecule has 0 bridgehead atoms. The standard InChI is InChI=1S/C29H53NO6/c1-5-6-7-8-9-10-11-12-13-14-15-16-17-18-19-20-21-22-23-30(24(2)27(31)32,25(3)28(33)34)26(4)29(35)36/h14-15,24-26H,5-13,16-23H2,1-4H3,(H2-,31,32,33,34,35,36)/p+1/b15-14+. The molecule has 0 aliphatic heterocycles. The predicted octanol–water partition coefficient (Wildman–Crippen LogP) is 7.04. The summed E-state index contributed by atoms with van der Waals surface area (Å²) in [6.07, 6.45) is 23.4. The first kappa shape index (κ1) is 34.1. The zero-order valence-electron chi connectivity index (χ0n) is 23.4. The summed E-state index contributed by atoms with van der Waals surface area (Å²) in [5, 5.41) is 28.9. The van der Waals surface area contributed by atoms with Gasteiger partial charge < -0.3 is 15.3 Å². The molecule has 210 valence electrons. The van der Waals surface area contributed by atoms with E-state index in [1.165, 1.54) is 78.6 Å². The second kappa shape index (κ2) is 20.2. The summed E-state index contributed by atoms with van der Waals surface area (Å²) in [4.78, 5) is 35.4. The number of carboxylic acids is 3. The molecule has 36 heavy (non-hydrogen) atoms. The number of quaternary nitrogens is 1. The zero-order chi connectivity index (χ0) is 27.4. The summed E-state index contributed by atoms with van der Waals surface area (Å²) in [6, 6.07) is -3.38. The van der Waals surface area contributed by atoms with E-state index in [2.05, 4.69) is 19.1 Å². The molecule has 0 aromatic carbocycles. The maximum Gasteiger partial charge on any atom is 0.362 e. The molecular weight excluding hydrogens is 458 g/mol. The summed E-state index contributed by atoms with van der Waals surface area (Å²) < 4.78 is -0.482. The molecule has 0 aliphatic carbocycles. The Labute approximate surface area is 219 Å². The summed E-state index contributed by atoms with van der Waals surface area (Å²) in [6.45, 7) is 6.73. The lowest BCUT2D eigenvalue weighted by Gasteiger charge is -2.47. The van der Waals surface area contributed by atoms with Crippen LogP contribution in [0.15, 0.2) is 12.2 Å². The topological polar surface area (TPSA) is 112 Å². The Morgan fingerprint density at radius 1 is 0.556 bits per heavy atom. The molecule has 3 unspecified atom stereocenters. The van der Waals surface area contributed by atoms with Crippen LogP contribution in [0.1, 0.15) is 130 Å². The normalized spacial score (nSPS) is 15.9. The van der Waals surface area contributed by atoms with Gasteiger partial charge in [0.05, 0.1) is 6.54 Å². The highest BCUT2D eigenvalue weighted by Gasteiger charge is 2.52. The van der Waals surface area contributed by atoms with Crippen molar-refractivity contribution >= 4 is 17.9 Å². The lowest BCUT2D eigenvalue weighted by atomic mass is 10.00. The number of hydrogen-bond acceptors (Lipinski definition) is 3. The first-order valence-electron chi connectivity index (χ1n) is 14.3. The van der Waals surface area contributed by atoms with Crippen LogP contribution in [-0.2, 0) is 14.4 Å². The number of carbonyl (C=O) groups is 3. The Morgan fingerprint density at radius 3 is 1.19 bits per heavy atom. The Hall–Kier alpha value is -1.89. The minimum Gasteiger partial charge on any atom is -0.477 e. The van der Waals surface area contributed by atoms with Gasteiger partial charge in [0.15, 0.2) is 18.1 Å². The van der Waals surface area contributed by atoms with Crippen LogP contribution < -0.4 is 0 Å². The highest BCUT2D eigenvalue weighted by molar-refractivity contribution is 5.77. The van der Waals surface area contributed by atoms with Crippen LogP contribution in [0.2, 0.25) is 0 Å². The minimum atomic E-state index is -1.17.